The highest BCUT2D eigenvalue weighted by Gasteiger charge is 2.20. The maximum atomic E-state index is 6.24. The van der Waals surface area contributed by atoms with E-state index in [0.29, 0.717) is 0 Å². The molecular formula is C21H13N3O. The Hall–Kier alpha value is -3.53. The van der Waals surface area contributed by atoms with Crippen LogP contribution < -0.4 is 4.84 Å². The normalized spacial score (nSPS) is 12.0. The van der Waals surface area contributed by atoms with E-state index in [4.69, 9.17) is 4.84 Å². The van der Waals surface area contributed by atoms with Crippen LogP contribution >= 0.6 is 0 Å². The third-order valence-electron chi connectivity index (χ3n) is 4.83. The van der Waals surface area contributed by atoms with Crippen molar-refractivity contribution in [2.24, 2.45) is 0 Å². The average Bonchev–Trinajstić information content (AvgIpc) is 3.27. The molecule has 0 fully saturated rings. The van der Waals surface area contributed by atoms with Gasteiger partial charge in [-0.05, 0) is 42.5 Å². The monoisotopic (exact) mass is 323 g/mol. The molecule has 0 aliphatic rings. The number of pyridine rings is 2. The fourth-order valence-corrected chi connectivity index (χ4v) is 3.81. The largest absolute Gasteiger partial charge is 0.375 e. The van der Waals surface area contributed by atoms with E-state index in [-0.39, 0.29) is 0 Å². The molecule has 4 heterocycles. The quantitative estimate of drug-likeness (QED) is 0.426. The maximum Gasteiger partial charge on any atom is 0.155 e. The molecule has 118 valence electrons. The maximum absolute atomic E-state index is 6.24. The number of aromatic nitrogens is 3. The molecule has 2 aromatic carbocycles. The van der Waals surface area contributed by atoms with Crippen LogP contribution in [0.2, 0.25) is 0 Å². The summed E-state index contributed by atoms with van der Waals surface area (Å²) in [6.45, 7) is 0. The summed E-state index contributed by atoms with van der Waals surface area (Å²) in [5.74, 6) is 0.809. The summed E-state index contributed by atoms with van der Waals surface area (Å²) in [5.41, 5.74) is 5.36. The molecule has 0 atom stereocenters. The van der Waals surface area contributed by atoms with Gasteiger partial charge in [-0.2, -0.15) is 4.73 Å². The van der Waals surface area contributed by atoms with Crippen LogP contribution in [0.25, 0.3) is 38.4 Å². The molecule has 4 nitrogen and oxygen atoms in total. The van der Waals surface area contributed by atoms with Crippen molar-refractivity contribution >= 4 is 38.4 Å². The summed E-state index contributed by atoms with van der Waals surface area (Å²) in [6.07, 6.45) is 3.94. The summed E-state index contributed by atoms with van der Waals surface area (Å²) < 4.78 is 4.12. The number of nitrogens with zero attached hydrogens (tertiary/aromatic N) is 3. The van der Waals surface area contributed by atoms with Gasteiger partial charge in [0.05, 0.1) is 27.6 Å². The molecule has 0 N–H and O–H groups in total. The lowest BCUT2D eigenvalue weighted by atomic mass is 10.1. The van der Waals surface area contributed by atoms with Crippen molar-refractivity contribution in [3.8, 4) is 5.75 Å². The van der Waals surface area contributed by atoms with Gasteiger partial charge in [0.2, 0.25) is 0 Å². The van der Waals surface area contributed by atoms with Gasteiger partial charge in [0.25, 0.3) is 0 Å². The van der Waals surface area contributed by atoms with Crippen molar-refractivity contribution in [3.63, 3.8) is 0 Å². The first-order chi connectivity index (χ1) is 12.4. The lowest BCUT2D eigenvalue weighted by Gasteiger charge is -2.08. The fraction of sp³-hybridized carbons (Fsp3) is 0. The third-order valence-corrected chi connectivity index (χ3v) is 4.83. The summed E-state index contributed by atoms with van der Waals surface area (Å²) >= 11 is 0. The van der Waals surface area contributed by atoms with Gasteiger partial charge in [-0.3, -0.25) is 4.98 Å². The zero-order valence-electron chi connectivity index (χ0n) is 13.3. The molecular weight excluding hydrogens is 310 g/mol. The summed E-state index contributed by atoms with van der Waals surface area (Å²) in [4.78, 5) is 10.9. The molecule has 0 aliphatic heterocycles. The van der Waals surface area contributed by atoms with Crippen molar-refractivity contribution in [2.45, 2.75) is 0 Å². The average molecular weight is 323 g/mol. The van der Waals surface area contributed by atoms with E-state index in [0.717, 1.165) is 33.2 Å². The zero-order chi connectivity index (χ0) is 16.4. The Bertz CT molecular complexity index is 1280. The van der Waals surface area contributed by atoms with E-state index in [1.54, 1.807) is 0 Å². The minimum Gasteiger partial charge on any atom is -0.375 e. The first-order valence-electron chi connectivity index (χ1n) is 8.25. The number of rotatable bonds is 2. The fourth-order valence-electron chi connectivity index (χ4n) is 3.81. The minimum absolute atomic E-state index is 0.809. The van der Waals surface area contributed by atoms with E-state index < -0.39 is 0 Å². The molecule has 6 aromatic rings. The van der Waals surface area contributed by atoms with Crippen LogP contribution in [0.4, 0.5) is 0 Å². The van der Waals surface area contributed by atoms with Gasteiger partial charge in [-0.1, -0.05) is 24.3 Å². The predicted octanol–water partition coefficient (Wildman–Crippen LogP) is 4.88. The summed E-state index contributed by atoms with van der Waals surface area (Å²) in [5, 5.41) is 2.33. The summed E-state index contributed by atoms with van der Waals surface area (Å²) in [6, 6.07) is 22.4. The number of fused-ring (bicyclic) bond motifs is 3. The second-order valence-electron chi connectivity index (χ2n) is 6.19. The lowest BCUT2D eigenvalue weighted by molar-refractivity contribution is 0.241. The van der Waals surface area contributed by atoms with E-state index in [1.165, 1.54) is 10.9 Å². The van der Waals surface area contributed by atoms with Gasteiger partial charge in [0.1, 0.15) is 0 Å². The van der Waals surface area contributed by atoms with Crippen LogP contribution in [0.3, 0.4) is 0 Å². The minimum atomic E-state index is 0.809. The van der Waals surface area contributed by atoms with Gasteiger partial charge >= 0.3 is 0 Å². The van der Waals surface area contributed by atoms with Crippen molar-refractivity contribution in [3.05, 3.63) is 79.1 Å². The Kier molecular flexibility index (Phi) is 2.32. The highest BCUT2D eigenvalue weighted by Crippen LogP contribution is 2.38. The molecule has 0 bridgehead atoms. The van der Waals surface area contributed by atoms with Crippen molar-refractivity contribution < 1.29 is 4.84 Å². The zero-order valence-corrected chi connectivity index (χ0v) is 13.3. The Labute approximate surface area is 142 Å². The molecule has 0 amide bonds. The smallest absolute Gasteiger partial charge is 0.155 e. The Morgan fingerprint density at radius 3 is 2.40 bits per heavy atom. The third kappa shape index (κ3) is 1.58. The highest BCUT2D eigenvalue weighted by atomic mass is 16.7. The molecule has 0 spiro atoms. The summed E-state index contributed by atoms with van der Waals surface area (Å²) in [7, 11) is 0. The lowest BCUT2D eigenvalue weighted by Crippen LogP contribution is -2.04. The van der Waals surface area contributed by atoms with Crippen LogP contribution in [0, 0.1) is 0 Å². The molecule has 6 rings (SSSR count). The molecule has 4 heteroatoms. The molecule has 0 unspecified atom stereocenters. The topological polar surface area (TPSA) is 31.5 Å². The molecule has 0 radical (unpaired) electrons. The molecule has 0 aliphatic carbocycles. The Morgan fingerprint density at radius 2 is 1.48 bits per heavy atom. The number of hydrogen-bond acceptors (Lipinski definition) is 2. The predicted molar refractivity (Wildman–Crippen MR) is 99.4 cm³/mol. The van der Waals surface area contributed by atoms with E-state index in [9.17, 15) is 0 Å². The Balaban J connectivity index is 1.83. The first kappa shape index (κ1) is 12.8. The standard InChI is InChI=1S/C21H13N3O/c1-2-6-14(7-3-1)25-24-16-9-4-8-15-19(16)20-17(24)11-12-22-21(20)18-10-5-13-23(15)18/h1-13H. The molecule has 4 aromatic heterocycles. The van der Waals surface area contributed by atoms with Crippen LogP contribution in [-0.2, 0) is 0 Å². The van der Waals surface area contributed by atoms with Crippen LogP contribution in [0.1, 0.15) is 0 Å². The van der Waals surface area contributed by atoms with Crippen molar-refractivity contribution in [2.75, 3.05) is 0 Å². The van der Waals surface area contributed by atoms with E-state index in [2.05, 4.69) is 45.9 Å². The van der Waals surface area contributed by atoms with Gasteiger partial charge in [0.15, 0.2) is 5.75 Å². The molecule has 25 heavy (non-hydrogen) atoms. The SMILES string of the molecule is c1ccc(On2c3ccnc4c3c3c2cccc3n2cccc42)cc1. The van der Waals surface area contributed by atoms with Gasteiger partial charge in [0, 0.05) is 23.2 Å². The van der Waals surface area contributed by atoms with E-state index in [1.807, 2.05) is 47.3 Å². The van der Waals surface area contributed by atoms with Crippen molar-refractivity contribution in [1.82, 2.24) is 14.1 Å². The van der Waals surface area contributed by atoms with Crippen LogP contribution in [0.15, 0.2) is 79.1 Å². The molecule has 0 saturated heterocycles. The second-order valence-corrected chi connectivity index (χ2v) is 6.19. The van der Waals surface area contributed by atoms with Crippen molar-refractivity contribution in [1.29, 1.82) is 0 Å². The second kappa shape index (κ2) is 4.51. The number of para-hydroxylation sites is 1. The van der Waals surface area contributed by atoms with Gasteiger partial charge in [-0.15, -0.1) is 0 Å². The van der Waals surface area contributed by atoms with E-state index >= 15 is 0 Å². The molecule has 0 saturated carbocycles. The highest BCUT2D eigenvalue weighted by molar-refractivity contribution is 6.24. The first-order valence-corrected chi connectivity index (χ1v) is 8.25. The van der Waals surface area contributed by atoms with Gasteiger partial charge < -0.3 is 9.24 Å². The Morgan fingerprint density at radius 1 is 0.680 bits per heavy atom. The van der Waals surface area contributed by atoms with Gasteiger partial charge in [-0.25, -0.2) is 0 Å². The number of benzene rings is 2. The number of hydrogen-bond donors (Lipinski definition) is 0. The van der Waals surface area contributed by atoms with Crippen LogP contribution in [0.5, 0.6) is 5.75 Å². The van der Waals surface area contributed by atoms with Crippen LogP contribution in [-0.4, -0.2) is 14.1 Å².